The summed E-state index contributed by atoms with van der Waals surface area (Å²) in [6.45, 7) is 1.43. The summed E-state index contributed by atoms with van der Waals surface area (Å²) in [7, 11) is 0. The number of rotatable bonds is 4. The number of halogens is 2. The lowest BCUT2D eigenvalue weighted by Gasteiger charge is -2.38. The van der Waals surface area contributed by atoms with E-state index in [0.717, 1.165) is 24.4 Å². The van der Waals surface area contributed by atoms with Crippen LogP contribution in [0, 0.1) is 5.82 Å². The van der Waals surface area contributed by atoms with Crippen molar-refractivity contribution in [2.45, 2.75) is 44.3 Å². The lowest BCUT2D eigenvalue weighted by molar-refractivity contribution is -0.121. The van der Waals surface area contributed by atoms with E-state index in [4.69, 9.17) is 17.3 Å². The van der Waals surface area contributed by atoms with Gasteiger partial charge in [-0.15, -0.1) is 0 Å². The Kier molecular flexibility index (Phi) is 5.10. The molecule has 152 valence electrons. The molecule has 0 radical (unpaired) electrons. The monoisotopic (exact) mass is 417 g/mol. The average molecular weight is 418 g/mol. The Bertz CT molecular complexity index is 1070. The molecule has 0 aliphatic heterocycles. The average Bonchev–Trinajstić information content (AvgIpc) is 3.05. The molecule has 10 heteroatoms. The van der Waals surface area contributed by atoms with Crippen LogP contribution in [0.15, 0.2) is 24.7 Å². The summed E-state index contributed by atoms with van der Waals surface area (Å²) < 4.78 is 14.4. The number of fused-ring (bicyclic) bond motifs is 1. The van der Waals surface area contributed by atoms with Crippen LogP contribution in [0.3, 0.4) is 0 Å². The lowest BCUT2D eigenvalue weighted by Crippen LogP contribution is -2.59. The van der Waals surface area contributed by atoms with Gasteiger partial charge in [0.25, 0.3) is 0 Å². The molecule has 0 bridgehead atoms. The minimum Gasteiger partial charge on any atom is -0.365 e. The van der Waals surface area contributed by atoms with Crippen molar-refractivity contribution in [3.63, 3.8) is 0 Å². The van der Waals surface area contributed by atoms with E-state index in [2.05, 4.69) is 30.6 Å². The minimum atomic E-state index is -0.812. The van der Waals surface area contributed by atoms with Crippen molar-refractivity contribution in [2.75, 3.05) is 5.32 Å². The molecule has 3 aromatic rings. The maximum atomic E-state index is 14.4. The zero-order valence-corrected chi connectivity index (χ0v) is 16.6. The molecule has 29 heavy (non-hydrogen) atoms. The van der Waals surface area contributed by atoms with Crippen LogP contribution in [-0.4, -0.2) is 37.5 Å². The van der Waals surface area contributed by atoms with Gasteiger partial charge in [0.1, 0.15) is 5.65 Å². The molecule has 0 spiro atoms. The van der Waals surface area contributed by atoms with Crippen LogP contribution >= 0.6 is 11.6 Å². The second kappa shape index (κ2) is 7.57. The Morgan fingerprint density at radius 1 is 1.41 bits per heavy atom. The Hall–Kier alpha value is -2.78. The highest BCUT2D eigenvalue weighted by molar-refractivity contribution is 6.31. The topological polar surface area (TPSA) is 122 Å². The van der Waals surface area contributed by atoms with Crippen molar-refractivity contribution in [1.29, 1.82) is 0 Å². The van der Waals surface area contributed by atoms with Crippen molar-refractivity contribution < 1.29 is 9.18 Å². The van der Waals surface area contributed by atoms with E-state index in [1.165, 1.54) is 6.92 Å². The smallest absolute Gasteiger partial charge is 0.218 e. The summed E-state index contributed by atoms with van der Waals surface area (Å²) in [5.41, 5.74) is 6.81. The molecule has 2 unspecified atom stereocenters. The summed E-state index contributed by atoms with van der Waals surface area (Å²) in [4.78, 5) is 27.2. The number of anilines is 1. The quantitative estimate of drug-likeness (QED) is 0.484. The van der Waals surface area contributed by atoms with Gasteiger partial charge < -0.3 is 21.4 Å². The molecule has 8 nitrogen and oxygen atoms in total. The van der Waals surface area contributed by atoms with Gasteiger partial charge in [-0.1, -0.05) is 11.6 Å². The SMILES string of the molecule is CC(=O)NC1(N)CCCC(Nc2nc(-c3c[nH]c4ncc(Cl)cc34)ncc2F)C1. The zero-order valence-electron chi connectivity index (χ0n) is 15.8. The van der Waals surface area contributed by atoms with E-state index < -0.39 is 11.5 Å². The van der Waals surface area contributed by atoms with Gasteiger partial charge in [0.15, 0.2) is 17.5 Å². The Balaban J connectivity index is 1.60. The number of nitrogens with zero attached hydrogens (tertiary/aromatic N) is 3. The number of hydrogen-bond donors (Lipinski definition) is 4. The molecule has 1 amide bonds. The third kappa shape index (κ3) is 4.15. The highest BCUT2D eigenvalue weighted by Gasteiger charge is 2.34. The number of hydrogen-bond acceptors (Lipinski definition) is 6. The van der Waals surface area contributed by atoms with Crippen molar-refractivity contribution in [1.82, 2.24) is 25.3 Å². The maximum Gasteiger partial charge on any atom is 0.218 e. The second-order valence-corrected chi connectivity index (χ2v) is 7.85. The van der Waals surface area contributed by atoms with Gasteiger partial charge in [0.05, 0.1) is 16.9 Å². The Labute approximate surface area is 171 Å². The fourth-order valence-electron chi connectivity index (χ4n) is 3.85. The Morgan fingerprint density at radius 3 is 3.03 bits per heavy atom. The van der Waals surface area contributed by atoms with Gasteiger partial charge in [0.2, 0.25) is 5.91 Å². The first-order valence-corrected chi connectivity index (χ1v) is 9.70. The van der Waals surface area contributed by atoms with E-state index in [1.54, 1.807) is 18.5 Å². The van der Waals surface area contributed by atoms with E-state index >= 15 is 0 Å². The first-order valence-electron chi connectivity index (χ1n) is 9.33. The number of aromatic amines is 1. The molecule has 5 N–H and O–H groups in total. The van der Waals surface area contributed by atoms with E-state index in [-0.39, 0.29) is 17.8 Å². The predicted molar refractivity (Wildman–Crippen MR) is 109 cm³/mol. The highest BCUT2D eigenvalue weighted by Crippen LogP contribution is 2.30. The third-order valence-electron chi connectivity index (χ3n) is 5.03. The molecule has 0 aromatic carbocycles. The highest BCUT2D eigenvalue weighted by atomic mass is 35.5. The number of carbonyl (C=O) groups excluding carboxylic acids is 1. The molecule has 1 saturated carbocycles. The molecule has 3 heterocycles. The number of H-pyrrole nitrogens is 1. The molecule has 0 saturated heterocycles. The van der Waals surface area contributed by atoms with Gasteiger partial charge in [-0.3, -0.25) is 4.79 Å². The van der Waals surface area contributed by atoms with Crippen molar-refractivity contribution >= 4 is 34.4 Å². The summed E-state index contributed by atoms with van der Waals surface area (Å²) in [6.07, 6.45) is 7.13. The lowest BCUT2D eigenvalue weighted by atomic mass is 9.86. The molecule has 2 atom stereocenters. The van der Waals surface area contributed by atoms with Crippen LogP contribution in [0.5, 0.6) is 0 Å². The standard InChI is InChI=1S/C19H21ClFN7O/c1-10(29)28-19(22)4-2-3-12(6-19)26-18-15(21)9-25-17(27-18)14-8-24-16-13(14)5-11(20)7-23-16/h5,7-9,12H,2-4,6,22H2,1H3,(H,23,24)(H,28,29)(H,25,26,27). The van der Waals surface area contributed by atoms with Crippen LogP contribution in [0.2, 0.25) is 5.02 Å². The van der Waals surface area contributed by atoms with E-state index in [9.17, 15) is 9.18 Å². The largest absolute Gasteiger partial charge is 0.365 e. The number of carbonyl (C=O) groups is 1. The predicted octanol–water partition coefficient (Wildman–Crippen LogP) is 2.96. The van der Waals surface area contributed by atoms with E-state index in [1.807, 2.05) is 0 Å². The summed E-state index contributed by atoms with van der Waals surface area (Å²) in [5, 5.41) is 7.16. The normalized spacial score (nSPS) is 21.9. The summed E-state index contributed by atoms with van der Waals surface area (Å²) in [6, 6.07) is 1.63. The fourth-order valence-corrected chi connectivity index (χ4v) is 4.01. The molecular formula is C19H21ClFN7O. The number of nitrogens with two attached hydrogens (primary N) is 1. The molecule has 3 aromatic heterocycles. The maximum absolute atomic E-state index is 14.4. The first-order chi connectivity index (χ1) is 13.8. The fraction of sp³-hybridized carbons (Fsp3) is 0.368. The zero-order chi connectivity index (χ0) is 20.6. The van der Waals surface area contributed by atoms with Gasteiger partial charge in [-0.25, -0.2) is 19.3 Å². The van der Waals surface area contributed by atoms with Gasteiger partial charge >= 0.3 is 0 Å². The van der Waals surface area contributed by atoms with Crippen LogP contribution in [0.4, 0.5) is 10.2 Å². The number of nitrogens with one attached hydrogen (secondary N) is 3. The van der Waals surface area contributed by atoms with Crippen LogP contribution in [-0.2, 0) is 4.79 Å². The van der Waals surface area contributed by atoms with Crippen LogP contribution < -0.4 is 16.4 Å². The minimum absolute atomic E-state index is 0.0939. The van der Waals surface area contributed by atoms with Crippen LogP contribution in [0.25, 0.3) is 22.4 Å². The van der Waals surface area contributed by atoms with Gasteiger partial charge in [-0.05, 0) is 25.3 Å². The molecule has 1 aliphatic carbocycles. The van der Waals surface area contributed by atoms with Crippen molar-refractivity contribution in [2.24, 2.45) is 5.73 Å². The van der Waals surface area contributed by atoms with Crippen molar-refractivity contribution in [3.8, 4) is 11.4 Å². The van der Waals surface area contributed by atoms with Crippen LogP contribution in [0.1, 0.15) is 32.6 Å². The number of aromatic nitrogens is 4. The molecular weight excluding hydrogens is 397 g/mol. The third-order valence-corrected chi connectivity index (χ3v) is 5.24. The second-order valence-electron chi connectivity index (χ2n) is 7.42. The number of amides is 1. The Morgan fingerprint density at radius 2 is 2.24 bits per heavy atom. The first kappa shape index (κ1) is 19.5. The molecule has 1 aliphatic rings. The van der Waals surface area contributed by atoms with E-state index in [0.29, 0.717) is 34.9 Å². The molecule has 1 fully saturated rings. The van der Waals surface area contributed by atoms with Gasteiger partial charge in [-0.2, -0.15) is 0 Å². The summed E-state index contributed by atoms with van der Waals surface area (Å²) >= 11 is 6.05. The molecule has 4 rings (SSSR count). The van der Waals surface area contributed by atoms with Crippen molar-refractivity contribution in [3.05, 3.63) is 35.5 Å². The van der Waals surface area contributed by atoms with Gasteiger partial charge in [0, 0.05) is 42.7 Å². The number of pyridine rings is 1. The summed E-state index contributed by atoms with van der Waals surface area (Å²) in [5.74, 6) is -0.301.